The minimum absolute atomic E-state index is 0.0197. The average Bonchev–Trinajstić information content (AvgIpc) is 2.85. The molecule has 2 rings (SSSR count). The van der Waals surface area contributed by atoms with Crippen molar-refractivity contribution < 1.29 is 22.9 Å². The Morgan fingerprint density at radius 1 is 1.50 bits per heavy atom. The van der Waals surface area contributed by atoms with Crippen LogP contribution in [-0.2, 0) is 4.79 Å². The first-order valence-electron chi connectivity index (χ1n) is 6.91. The highest BCUT2D eigenvalue weighted by Crippen LogP contribution is 2.29. The second-order valence-electron chi connectivity index (χ2n) is 5.36. The average molecular weight is 342 g/mol. The Balaban J connectivity index is 2.24. The van der Waals surface area contributed by atoms with Gasteiger partial charge in [0, 0.05) is 25.7 Å². The Morgan fingerprint density at radius 2 is 2.17 bits per heavy atom. The lowest BCUT2D eigenvalue weighted by molar-refractivity contribution is -0.384. The summed E-state index contributed by atoms with van der Waals surface area (Å²) in [5.74, 6) is -0.683. The zero-order valence-corrected chi connectivity index (χ0v) is 12.6. The number of hydrogen-bond donors (Lipinski definition) is 0. The highest BCUT2D eigenvalue weighted by atomic mass is 19.4. The van der Waals surface area contributed by atoms with Gasteiger partial charge in [0.2, 0.25) is 5.91 Å². The predicted molar refractivity (Wildman–Crippen MR) is 77.3 cm³/mol. The molecule has 1 aliphatic heterocycles. The number of benzene rings is 1. The molecule has 1 aromatic carbocycles. The maximum Gasteiger partial charge on any atom is 0.406 e. The maximum atomic E-state index is 12.5. The van der Waals surface area contributed by atoms with Crippen LogP contribution in [0.1, 0.15) is 12.0 Å². The molecule has 1 saturated heterocycles. The molecule has 0 saturated carbocycles. The fourth-order valence-corrected chi connectivity index (χ4v) is 2.66. The first-order valence-corrected chi connectivity index (χ1v) is 6.91. The van der Waals surface area contributed by atoms with Gasteiger partial charge in [-0.05, 0) is 12.5 Å². The number of carbonyl (C=O) groups excluding carboxylic acids is 1. The highest BCUT2D eigenvalue weighted by Gasteiger charge is 2.41. The van der Waals surface area contributed by atoms with E-state index < -0.39 is 29.6 Å². The number of likely N-dealkylation sites (tertiary alicyclic amines) is 1. The van der Waals surface area contributed by atoms with Gasteiger partial charge in [0.1, 0.15) is 18.7 Å². The molecular weight excluding hydrogens is 329 g/mol. The number of carbonyl (C=O) groups is 1. The molecule has 0 spiro atoms. The van der Waals surface area contributed by atoms with Crippen LogP contribution in [0, 0.1) is 21.4 Å². The maximum absolute atomic E-state index is 12.5. The third-order valence-corrected chi connectivity index (χ3v) is 3.80. The number of halogens is 3. The molecule has 0 unspecified atom stereocenters. The lowest BCUT2D eigenvalue weighted by Crippen LogP contribution is -2.42. The summed E-state index contributed by atoms with van der Waals surface area (Å²) in [5.41, 5.74) is -0.0378. The molecule has 1 atom stereocenters. The Hall–Kier alpha value is -2.83. The summed E-state index contributed by atoms with van der Waals surface area (Å²) in [6.45, 7) is -1.36. The van der Waals surface area contributed by atoms with Crippen LogP contribution in [-0.4, -0.2) is 48.1 Å². The molecule has 0 aromatic heterocycles. The Labute approximate surface area is 135 Å². The Morgan fingerprint density at radius 3 is 2.71 bits per heavy atom. The third-order valence-electron chi connectivity index (χ3n) is 3.80. The monoisotopic (exact) mass is 342 g/mol. The van der Waals surface area contributed by atoms with Crippen molar-refractivity contribution in [3.05, 3.63) is 33.9 Å². The number of nitriles is 1. The van der Waals surface area contributed by atoms with Crippen molar-refractivity contribution >= 4 is 17.3 Å². The molecule has 1 amide bonds. The van der Waals surface area contributed by atoms with E-state index in [0.717, 1.165) is 11.0 Å². The summed E-state index contributed by atoms with van der Waals surface area (Å²) in [7, 11) is 1.47. The quantitative estimate of drug-likeness (QED) is 0.617. The van der Waals surface area contributed by atoms with E-state index in [-0.39, 0.29) is 29.9 Å². The van der Waals surface area contributed by atoms with Crippen LogP contribution >= 0.6 is 0 Å². The predicted octanol–water partition coefficient (Wildman–Crippen LogP) is 2.07. The summed E-state index contributed by atoms with van der Waals surface area (Å²) < 4.78 is 37.4. The van der Waals surface area contributed by atoms with Gasteiger partial charge in [-0.3, -0.25) is 14.9 Å². The number of nitro groups is 1. The van der Waals surface area contributed by atoms with E-state index in [1.807, 2.05) is 6.07 Å². The van der Waals surface area contributed by atoms with Gasteiger partial charge in [0.05, 0.1) is 16.2 Å². The second kappa shape index (κ2) is 6.35. The standard InChI is InChI=1S/C14H13F3N4O3/c1-19(11-3-2-10(21(23)24)6-9(11)7-18)12-4-5-20(13(12)22)8-14(15,16)17/h2-3,6,12H,4-5,8H2,1H3/t12-/m0/s1. The molecule has 0 aliphatic carbocycles. The van der Waals surface area contributed by atoms with Crippen LogP contribution in [0.15, 0.2) is 18.2 Å². The zero-order chi connectivity index (χ0) is 18.1. The summed E-state index contributed by atoms with van der Waals surface area (Å²) >= 11 is 0. The SMILES string of the molecule is CN(c1ccc([N+](=O)[O-])cc1C#N)[C@H]1CCN(CC(F)(F)F)C1=O. The summed E-state index contributed by atoms with van der Waals surface area (Å²) in [6, 6.07) is 4.53. The molecular formula is C14H13F3N4O3. The van der Waals surface area contributed by atoms with Crippen molar-refractivity contribution in [2.45, 2.75) is 18.6 Å². The van der Waals surface area contributed by atoms with Gasteiger partial charge in [-0.2, -0.15) is 18.4 Å². The first-order chi connectivity index (χ1) is 11.1. The fourth-order valence-electron chi connectivity index (χ4n) is 2.66. The second-order valence-corrected chi connectivity index (χ2v) is 5.36. The molecule has 0 radical (unpaired) electrons. The Kier molecular flexibility index (Phi) is 4.64. The molecule has 1 aliphatic rings. The summed E-state index contributed by atoms with van der Waals surface area (Å²) in [6.07, 6.45) is -4.30. The summed E-state index contributed by atoms with van der Waals surface area (Å²) in [5, 5.41) is 19.9. The number of non-ortho nitro benzene ring substituents is 1. The number of hydrogen-bond acceptors (Lipinski definition) is 5. The lowest BCUT2D eigenvalue weighted by atomic mass is 10.1. The van der Waals surface area contributed by atoms with E-state index in [0.29, 0.717) is 0 Å². The number of nitrogens with zero attached hydrogens (tertiary/aromatic N) is 4. The van der Waals surface area contributed by atoms with Gasteiger partial charge < -0.3 is 9.80 Å². The van der Waals surface area contributed by atoms with Crippen LogP contribution in [0.4, 0.5) is 24.5 Å². The number of rotatable bonds is 4. The first kappa shape index (κ1) is 17.5. The summed E-state index contributed by atoms with van der Waals surface area (Å²) in [4.78, 5) is 24.4. The van der Waals surface area contributed by atoms with Gasteiger partial charge in [-0.25, -0.2) is 0 Å². The smallest absolute Gasteiger partial charge is 0.362 e. The molecule has 24 heavy (non-hydrogen) atoms. The van der Waals surface area contributed by atoms with Crippen LogP contribution < -0.4 is 4.90 Å². The van der Waals surface area contributed by atoms with Crippen LogP contribution in [0.25, 0.3) is 0 Å². The van der Waals surface area contributed by atoms with Gasteiger partial charge in [0.15, 0.2) is 0 Å². The van der Waals surface area contributed by atoms with E-state index in [9.17, 15) is 28.1 Å². The molecule has 10 heteroatoms. The van der Waals surface area contributed by atoms with Crippen molar-refractivity contribution in [2.75, 3.05) is 25.0 Å². The number of alkyl halides is 3. The van der Waals surface area contributed by atoms with Crippen molar-refractivity contribution in [2.24, 2.45) is 0 Å². The van der Waals surface area contributed by atoms with E-state index in [2.05, 4.69) is 0 Å². The van der Waals surface area contributed by atoms with E-state index in [4.69, 9.17) is 5.26 Å². The van der Waals surface area contributed by atoms with Gasteiger partial charge in [0.25, 0.3) is 5.69 Å². The van der Waals surface area contributed by atoms with Crippen molar-refractivity contribution in [1.29, 1.82) is 5.26 Å². The minimum atomic E-state index is -4.48. The van der Waals surface area contributed by atoms with Gasteiger partial charge in [-0.15, -0.1) is 0 Å². The topological polar surface area (TPSA) is 90.5 Å². The number of likely N-dealkylation sites (N-methyl/N-ethyl adjacent to an activating group) is 1. The van der Waals surface area contributed by atoms with Crippen molar-refractivity contribution in [1.82, 2.24) is 4.90 Å². The largest absolute Gasteiger partial charge is 0.406 e. The molecule has 1 heterocycles. The molecule has 7 nitrogen and oxygen atoms in total. The highest BCUT2D eigenvalue weighted by molar-refractivity contribution is 5.88. The van der Waals surface area contributed by atoms with Crippen LogP contribution in [0.5, 0.6) is 0 Å². The molecule has 0 bridgehead atoms. The number of amides is 1. The normalized spacial score (nSPS) is 17.7. The molecule has 1 aromatic rings. The van der Waals surface area contributed by atoms with Gasteiger partial charge in [-0.1, -0.05) is 0 Å². The molecule has 128 valence electrons. The van der Waals surface area contributed by atoms with Crippen LogP contribution in [0.2, 0.25) is 0 Å². The lowest BCUT2D eigenvalue weighted by Gasteiger charge is -2.26. The minimum Gasteiger partial charge on any atom is -0.362 e. The van der Waals surface area contributed by atoms with Gasteiger partial charge >= 0.3 is 6.18 Å². The molecule has 1 fully saturated rings. The van der Waals surface area contributed by atoms with E-state index in [1.54, 1.807) is 0 Å². The van der Waals surface area contributed by atoms with E-state index in [1.165, 1.54) is 24.1 Å². The van der Waals surface area contributed by atoms with E-state index >= 15 is 0 Å². The van der Waals surface area contributed by atoms with Crippen molar-refractivity contribution in [3.8, 4) is 6.07 Å². The zero-order valence-electron chi connectivity index (χ0n) is 12.6. The fraction of sp³-hybridized carbons (Fsp3) is 0.429. The molecule has 0 N–H and O–H groups in total. The van der Waals surface area contributed by atoms with Crippen molar-refractivity contribution in [3.63, 3.8) is 0 Å². The van der Waals surface area contributed by atoms with Crippen LogP contribution in [0.3, 0.4) is 0 Å². The Bertz CT molecular complexity index is 714. The number of nitro benzene ring substituents is 1. The number of anilines is 1. The third kappa shape index (κ3) is 3.56.